The predicted molar refractivity (Wildman–Crippen MR) is 65.2 cm³/mol. The van der Waals surface area contributed by atoms with Crippen molar-refractivity contribution in [3.05, 3.63) is 10.6 Å². The maximum Gasteiger partial charge on any atom is 0.308 e. The Kier molecular flexibility index (Phi) is 4.76. The fraction of sp³-hybridized carbons (Fsp3) is 0.600. The van der Waals surface area contributed by atoms with Crippen molar-refractivity contribution in [2.45, 2.75) is 42.9 Å². The van der Waals surface area contributed by atoms with Gasteiger partial charge in [-0.1, -0.05) is 18.7 Å². The number of aromatic nitrogens is 1. The molecule has 0 fully saturated rings. The zero-order chi connectivity index (χ0) is 12.3. The third-order valence-electron chi connectivity index (χ3n) is 2.15. The molecule has 0 aliphatic heterocycles. The van der Waals surface area contributed by atoms with E-state index in [9.17, 15) is 9.90 Å². The lowest BCUT2D eigenvalue weighted by atomic mass is 10.3. The van der Waals surface area contributed by atoms with Crippen LogP contribution in [-0.4, -0.2) is 32.5 Å². The van der Waals surface area contributed by atoms with E-state index in [1.54, 1.807) is 6.92 Å². The summed E-state index contributed by atoms with van der Waals surface area (Å²) in [4.78, 5) is 15.7. The SMILES string of the molecule is Cc1nc(SC(C)C(C)O)sc1CC(=O)O. The number of aliphatic carboxylic acids is 1. The van der Waals surface area contributed by atoms with Crippen LogP contribution in [0.15, 0.2) is 4.34 Å². The third-order valence-corrected chi connectivity index (χ3v) is 4.70. The van der Waals surface area contributed by atoms with E-state index in [0.717, 1.165) is 14.9 Å². The minimum atomic E-state index is -0.841. The third kappa shape index (κ3) is 3.77. The average Bonchev–Trinajstić information content (AvgIpc) is 2.45. The number of rotatable bonds is 5. The summed E-state index contributed by atoms with van der Waals surface area (Å²) in [6.07, 6.45) is -0.384. The second-order valence-corrected chi connectivity index (χ2v) is 6.33. The van der Waals surface area contributed by atoms with Crippen LogP contribution in [0, 0.1) is 6.92 Å². The van der Waals surface area contributed by atoms with Crippen molar-refractivity contribution in [1.82, 2.24) is 4.98 Å². The number of carbonyl (C=O) groups is 1. The van der Waals surface area contributed by atoms with E-state index in [0.29, 0.717) is 0 Å². The molecule has 0 radical (unpaired) electrons. The standard InChI is InChI=1S/C10H15NO3S2/c1-5-8(4-9(13)14)16-10(11-5)15-7(3)6(2)12/h6-7,12H,4H2,1-3H3,(H,13,14). The fourth-order valence-corrected chi connectivity index (χ4v) is 3.45. The van der Waals surface area contributed by atoms with Crippen LogP contribution in [0.5, 0.6) is 0 Å². The summed E-state index contributed by atoms with van der Waals surface area (Å²) in [6, 6.07) is 0. The number of hydrogen-bond acceptors (Lipinski definition) is 5. The van der Waals surface area contributed by atoms with Crippen molar-refractivity contribution in [2.75, 3.05) is 0 Å². The number of hydrogen-bond donors (Lipinski definition) is 2. The smallest absolute Gasteiger partial charge is 0.308 e. The Bertz CT molecular complexity index is 376. The van der Waals surface area contributed by atoms with Gasteiger partial charge in [0.15, 0.2) is 4.34 Å². The Hall–Kier alpha value is -0.590. The molecule has 1 rings (SSSR count). The second-order valence-electron chi connectivity index (χ2n) is 3.62. The Morgan fingerprint density at radius 2 is 2.19 bits per heavy atom. The van der Waals surface area contributed by atoms with E-state index < -0.39 is 12.1 Å². The summed E-state index contributed by atoms with van der Waals surface area (Å²) in [5.74, 6) is -0.841. The maximum atomic E-state index is 10.6. The van der Waals surface area contributed by atoms with Crippen LogP contribution in [0.3, 0.4) is 0 Å². The monoisotopic (exact) mass is 261 g/mol. The molecule has 1 aromatic heterocycles. The summed E-state index contributed by atoms with van der Waals surface area (Å²) < 4.78 is 0.821. The number of aryl methyl sites for hydroxylation is 1. The number of aliphatic hydroxyl groups excluding tert-OH is 1. The summed E-state index contributed by atoms with van der Waals surface area (Å²) in [5, 5.41) is 18.1. The highest BCUT2D eigenvalue weighted by Crippen LogP contribution is 2.31. The highest BCUT2D eigenvalue weighted by atomic mass is 32.2. The molecule has 0 aliphatic carbocycles. The highest BCUT2D eigenvalue weighted by Gasteiger charge is 2.16. The van der Waals surface area contributed by atoms with Gasteiger partial charge in [-0.2, -0.15) is 0 Å². The fourth-order valence-electron chi connectivity index (χ4n) is 1.01. The number of thiazole rings is 1. The molecule has 16 heavy (non-hydrogen) atoms. The van der Waals surface area contributed by atoms with Gasteiger partial charge in [-0.05, 0) is 13.8 Å². The molecule has 0 aliphatic rings. The first-order chi connectivity index (χ1) is 7.40. The Morgan fingerprint density at radius 1 is 1.56 bits per heavy atom. The molecule has 0 bridgehead atoms. The molecular weight excluding hydrogens is 246 g/mol. The molecule has 4 nitrogen and oxygen atoms in total. The number of carboxylic acids is 1. The number of aliphatic hydroxyl groups is 1. The lowest BCUT2D eigenvalue weighted by molar-refractivity contribution is -0.136. The predicted octanol–water partition coefficient (Wildman–Crippen LogP) is 1.94. The summed E-state index contributed by atoms with van der Waals surface area (Å²) in [5.41, 5.74) is 0.771. The minimum absolute atomic E-state index is 0.0210. The summed E-state index contributed by atoms with van der Waals surface area (Å²) in [7, 11) is 0. The average molecular weight is 261 g/mol. The van der Waals surface area contributed by atoms with Crippen LogP contribution >= 0.6 is 23.1 Å². The van der Waals surface area contributed by atoms with Crippen molar-refractivity contribution in [3.8, 4) is 0 Å². The van der Waals surface area contributed by atoms with E-state index in [1.165, 1.54) is 23.1 Å². The van der Waals surface area contributed by atoms with Gasteiger partial charge in [0.25, 0.3) is 0 Å². The van der Waals surface area contributed by atoms with E-state index >= 15 is 0 Å². The van der Waals surface area contributed by atoms with Gasteiger partial charge >= 0.3 is 5.97 Å². The largest absolute Gasteiger partial charge is 0.481 e. The number of nitrogens with zero attached hydrogens (tertiary/aromatic N) is 1. The molecule has 0 saturated carbocycles. The van der Waals surface area contributed by atoms with Gasteiger partial charge in [-0.25, -0.2) is 4.98 Å². The topological polar surface area (TPSA) is 70.4 Å². The van der Waals surface area contributed by atoms with Gasteiger partial charge in [-0.15, -0.1) is 11.3 Å². The van der Waals surface area contributed by atoms with Gasteiger partial charge in [0.05, 0.1) is 18.2 Å². The first kappa shape index (κ1) is 13.5. The molecule has 90 valence electrons. The van der Waals surface area contributed by atoms with Crippen molar-refractivity contribution in [2.24, 2.45) is 0 Å². The Balaban J connectivity index is 2.72. The lowest BCUT2D eigenvalue weighted by Crippen LogP contribution is -2.14. The van der Waals surface area contributed by atoms with Crippen LogP contribution in [0.25, 0.3) is 0 Å². The Labute approximate surface area is 103 Å². The van der Waals surface area contributed by atoms with Gasteiger partial charge in [0.2, 0.25) is 0 Å². The molecular formula is C10H15NO3S2. The zero-order valence-electron chi connectivity index (χ0n) is 9.43. The molecule has 2 unspecified atom stereocenters. The van der Waals surface area contributed by atoms with Crippen molar-refractivity contribution in [3.63, 3.8) is 0 Å². The summed E-state index contributed by atoms with van der Waals surface area (Å²) in [6.45, 7) is 5.46. The van der Waals surface area contributed by atoms with E-state index in [4.69, 9.17) is 5.11 Å². The second kappa shape index (κ2) is 5.65. The van der Waals surface area contributed by atoms with Crippen LogP contribution in [0.2, 0.25) is 0 Å². The normalized spacial score (nSPS) is 14.8. The molecule has 6 heteroatoms. The van der Waals surface area contributed by atoms with Crippen LogP contribution in [-0.2, 0) is 11.2 Å². The van der Waals surface area contributed by atoms with E-state index in [-0.39, 0.29) is 11.7 Å². The first-order valence-electron chi connectivity index (χ1n) is 4.93. The van der Waals surface area contributed by atoms with Crippen molar-refractivity contribution < 1.29 is 15.0 Å². The minimum Gasteiger partial charge on any atom is -0.481 e. The maximum absolute atomic E-state index is 10.6. The van der Waals surface area contributed by atoms with Gasteiger partial charge in [0.1, 0.15) is 0 Å². The Morgan fingerprint density at radius 3 is 2.69 bits per heavy atom. The van der Waals surface area contributed by atoms with Crippen LogP contribution in [0.4, 0.5) is 0 Å². The van der Waals surface area contributed by atoms with E-state index in [1.807, 2.05) is 13.8 Å². The molecule has 2 atom stereocenters. The molecule has 0 spiro atoms. The van der Waals surface area contributed by atoms with Crippen LogP contribution in [0.1, 0.15) is 24.4 Å². The molecule has 1 heterocycles. The molecule has 2 N–H and O–H groups in total. The zero-order valence-corrected chi connectivity index (χ0v) is 11.1. The number of thioether (sulfide) groups is 1. The first-order valence-corrected chi connectivity index (χ1v) is 6.62. The van der Waals surface area contributed by atoms with Crippen molar-refractivity contribution >= 4 is 29.1 Å². The van der Waals surface area contributed by atoms with Gasteiger partial charge < -0.3 is 10.2 Å². The lowest BCUT2D eigenvalue weighted by Gasteiger charge is -2.11. The summed E-state index contributed by atoms with van der Waals surface area (Å²) >= 11 is 2.87. The molecule has 0 amide bonds. The molecule has 0 saturated heterocycles. The highest BCUT2D eigenvalue weighted by molar-refractivity contribution is 8.01. The van der Waals surface area contributed by atoms with Gasteiger partial charge in [0, 0.05) is 10.1 Å². The van der Waals surface area contributed by atoms with Crippen LogP contribution < -0.4 is 0 Å². The number of carboxylic acid groups (broad SMARTS) is 1. The quantitative estimate of drug-likeness (QED) is 0.793. The molecule has 1 aromatic rings. The molecule has 0 aromatic carbocycles. The van der Waals surface area contributed by atoms with E-state index in [2.05, 4.69) is 4.98 Å². The van der Waals surface area contributed by atoms with Crippen molar-refractivity contribution in [1.29, 1.82) is 0 Å². The van der Waals surface area contributed by atoms with Gasteiger partial charge in [-0.3, -0.25) is 4.79 Å².